The Hall–Kier alpha value is -1.03. The Morgan fingerprint density at radius 2 is 2.42 bits per heavy atom. The first-order chi connectivity index (χ1) is 5.88. The van der Waals surface area contributed by atoms with Crippen LogP contribution in [-0.4, -0.2) is 30.7 Å². The fourth-order valence-electron chi connectivity index (χ4n) is 1.30. The Morgan fingerprint density at radius 3 is 3.00 bits per heavy atom. The van der Waals surface area contributed by atoms with Gasteiger partial charge in [-0.1, -0.05) is 0 Å². The predicted molar refractivity (Wildman–Crippen MR) is 40.9 cm³/mol. The van der Waals surface area contributed by atoms with Gasteiger partial charge in [-0.25, -0.2) is 5.06 Å². The van der Waals surface area contributed by atoms with Gasteiger partial charge in [0.15, 0.2) is 5.76 Å². The van der Waals surface area contributed by atoms with Crippen molar-refractivity contribution in [3.63, 3.8) is 0 Å². The van der Waals surface area contributed by atoms with E-state index in [1.807, 2.05) is 6.08 Å². The van der Waals surface area contributed by atoms with Crippen LogP contribution in [0.5, 0.6) is 0 Å². The van der Waals surface area contributed by atoms with Crippen molar-refractivity contribution in [2.45, 2.75) is 12.8 Å². The second-order valence-electron chi connectivity index (χ2n) is 2.80. The normalized spacial score (nSPS) is 22.3. The van der Waals surface area contributed by atoms with E-state index in [1.54, 1.807) is 0 Å². The number of ether oxygens (including phenoxy) is 1. The first-order valence-electron chi connectivity index (χ1n) is 4.15. The molecule has 4 heteroatoms. The molecule has 0 radical (unpaired) electrons. The van der Waals surface area contributed by atoms with Crippen LogP contribution in [0.3, 0.4) is 0 Å². The summed E-state index contributed by atoms with van der Waals surface area (Å²) in [5.74, 6) is 0.307. The monoisotopic (exact) mass is 169 g/mol. The molecule has 1 saturated heterocycles. The van der Waals surface area contributed by atoms with Crippen LogP contribution in [0, 0.1) is 0 Å². The van der Waals surface area contributed by atoms with Gasteiger partial charge in [0, 0.05) is 6.42 Å². The molecule has 0 unspecified atom stereocenters. The molecular formula is C8H11NO3. The summed E-state index contributed by atoms with van der Waals surface area (Å²) in [4.78, 5) is 16.5. The molecule has 2 aliphatic heterocycles. The Morgan fingerprint density at radius 1 is 1.50 bits per heavy atom. The molecule has 0 aliphatic carbocycles. The van der Waals surface area contributed by atoms with Crippen LogP contribution >= 0.6 is 0 Å². The molecule has 2 aliphatic rings. The highest BCUT2D eigenvalue weighted by molar-refractivity contribution is 5.91. The van der Waals surface area contributed by atoms with E-state index in [4.69, 9.17) is 9.57 Å². The molecule has 66 valence electrons. The molecule has 0 saturated carbocycles. The summed E-state index contributed by atoms with van der Waals surface area (Å²) in [6, 6.07) is 0. The summed E-state index contributed by atoms with van der Waals surface area (Å²) in [5.41, 5.74) is 0. The van der Waals surface area contributed by atoms with Gasteiger partial charge in [0.1, 0.15) is 0 Å². The van der Waals surface area contributed by atoms with E-state index in [2.05, 4.69) is 0 Å². The molecule has 4 nitrogen and oxygen atoms in total. The highest BCUT2D eigenvalue weighted by Gasteiger charge is 2.25. The third-order valence-electron chi connectivity index (χ3n) is 1.90. The highest BCUT2D eigenvalue weighted by atomic mass is 16.7. The predicted octanol–water partition coefficient (Wildman–Crippen LogP) is 0.454. The van der Waals surface area contributed by atoms with Gasteiger partial charge < -0.3 is 4.74 Å². The average molecular weight is 169 g/mol. The average Bonchev–Trinajstić information content (AvgIpc) is 2.77. The second kappa shape index (κ2) is 3.15. The van der Waals surface area contributed by atoms with E-state index in [0.717, 1.165) is 12.8 Å². The van der Waals surface area contributed by atoms with Crippen molar-refractivity contribution in [3.05, 3.63) is 11.8 Å². The summed E-state index contributed by atoms with van der Waals surface area (Å²) in [6.45, 7) is 1.94. The van der Waals surface area contributed by atoms with E-state index in [1.165, 1.54) is 5.06 Å². The zero-order valence-electron chi connectivity index (χ0n) is 6.78. The number of amides is 1. The van der Waals surface area contributed by atoms with Crippen molar-refractivity contribution in [1.82, 2.24) is 5.06 Å². The van der Waals surface area contributed by atoms with Gasteiger partial charge in [-0.3, -0.25) is 9.63 Å². The van der Waals surface area contributed by atoms with Crippen LogP contribution in [0.4, 0.5) is 0 Å². The molecule has 12 heavy (non-hydrogen) atoms. The number of carbonyl (C=O) groups excluding carboxylic acids is 1. The molecular weight excluding hydrogens is 158 g/mol. The fraction of sp³-hybridized carbons (Fsp3) is 0.625. The Bertz CT molecular complexity index is 218. The quantitative estimate of drug-likeness (QED) is 0.572. The molecule has 1 amide bonds. The summed E-state index contributed by atoms with van der Waals surface area (Å²) in [6.07, 6.45) is 3.55. The van der Waals surface area contributed by atoms with E-state index < -0.39 is 0 Å². The lowest BCUT2D eigenvalue weighted by atomic mass is 10.4. The summed E-state index contributed by atoms with van der Waals surface area (Å²) in [7, 11) is 0. The Labute approximate surface area is 70.7 Å². The molecule has 2 rings (SSSR count). The van der Waals surface area contributed by atoms with Gasteiger partial charge in [-0.05, 0) is 12.5 Å². The lowest BCUT2D eigenvalue weighted by Crippen LogP contribution is -2.28. The van der Waals surface area contributed by atoms with Crippen LogP contribution < -0.4 is 0 Å². The maximum atomic E-state index is 11.5. The zero-order chi connectivity index (χ0) is 8.39. The first-order valence-corrected chi connectivity index (χ1v) is 4.15. The largest absolute Gasteiger partial charge is 0.488 e. The number of nitrogens with zero attached hydrogens (tertiary/aromatic N) is 1. The molecule has 0 spiro atoms. The SMILES string of the molecule is O=C(C1=CCCO1)N1CCCO1. The topological polar surface area (TPSA) is 38.8 Å². The number of carbonyl (C=O) groups is 1. The van der Waals surface area contributed by atoms with E-state index in [-0.39, 0.29) is 5.91 Å². The molecule has 0 aromatic carbocycles. The van der Waals surface area contributed by atoms with Gasteiger partial charge in [-0.15, -0.1) is 0 Å². The van der Waals surface area contributed by atoms with Crippen molar-refractivity contribution in [2.24, 2.45) is 0 Å². The van der Waals surface area contributed by atoms with Crippen molar-refractivity contribution in [3.8, 4) is 0 Å². The minimum atomic E-state index is -0.134. The molecule has 0 N–H and O–H groups in total. The van der Waals surface area contributed by atoms with Crippen LogP contribution in [0.1, 0.15) is 12.8 Å². The fourth-order valence-corrected chi connectivity index (χ4v) is 1.30. The maximum Gasteiger partial charge on any atom is 0.312 e. The molecule has 1 fully saturated rings. The van der Waals surface area contributed by atoms with Crippen LogP contribution in [0.25, 0.3) is 0 Å². The van der Waals surface area contributed by atoms with Crippen LogP contribution in [-0.2, 0) is 14.4 Å². The number of rotatable bonds is 1. The minimum Gasteiger partial charge on any atom is -0.488 e. The van der Waals surface area contributed by atoms with Crippen molar-refractivity contribution >= 4 is 5.91 Å². The number of hydroxylamine groups is 2. The second-order valence-corrected chi connectivity index (χ2v) is 2.80. The molecule has 2 heterocycles. The number of hydrogen-bond donors (Lipinski definition) is 0. The summed E-state index contributed by atoms with van der Waals surface area (Å²) >= 11 is 0. The van der Waals surface area contributed by atoms with Gasteiger partial charge in [0.05, 0.1) is 19.8 Å². The van der Waals surface area contributed by atoms with Crippen LogP contribution in [0.15, 0.2) is 11.8 Å². The van der Waals surface area contributed by atoms with Crippen molar-refractivity contribution < 1.29 is 14.4 Å². The lowest BCUT2D eigenvalue weighted by Gasteiger charge is -2.13. The van der Waals surface area contributed by atoms with Crippen molar-refractivity contribution in [1.29, 1.82) is 0 Å². The van der Waals surface area contributed by atoms with Gasteiger partial charge >= 0.3 is 5.91 Å². The van der Waals surface area contributed by atoms with Gasteiger partial charge in [0.2, 0.25) is 0 Å². The molecule has 0 aromatic heterocycles. The smallest absolute Gasteiger partial charge is 0.312 e. The Kier molecular flexibility index (Phi) is 1.99. The highest BCUT2D eigenvalue weighted by Crippen LogP contribution is 2.15. The zero-order valence-corrected chi connectivity index (χ0v) is 6.78. The van der Waals surface area contributed by atoms with E-state index in [0.29, 0.717) is 25.5 Å². The van der Waals surface area contributed by atoms with Gasteiger partial charge in [0.25, 0.3) is 0 Å². The third kappa shape index (κ3) is 1.30. The maximum absolute atomic E-state index is 11.5. The lowest BCUT2D eigenvalue weighted by molar-refractivity contribution is -0.167. The first kappa shape index (κ1) is 7.61. The molecule has 0 aromatic rings. The molecule has 0 bridgehead atoms. The van der Waals surface area contributed by atoms with E-state index >= 15 is 0 Å². The number of hydrogen-bond acceptors (Lipinski definition) is 3. The summed E-state index contributed by atoms with van der Waals surface area (Å²) < 4.78 is 5.12. The van der Waals surface area contributed by atoms with Gasteiger partial charge in [-0.2, -0.15) is 0 Å². The van der Waals surface area contributed by atoms with Crippen molar-refractivity contribution in [2.75, 3.05) is 19.8 Å². The minimum absolute atomic E-state index is 0.134. The Balaban J connectivity index is 1.98. The standard InChI is InChI=1S/C8H11NO3/c10-8(7-3-1-5-11-7)9-4-2-6-12-9/h3H,1-2,4-6H2. The third-order valence-corrected chi connectivity index (χ3v) is 1.90. The molecule has 0 atom stereocenters. The van der Waals surface area contributed by atoms with E-state index in [9.17, 15) is 4.79 Å². The summed E-state index contributed by atoms with van der Waals surface area (Å²) in [5, 5.41) is 1.37. The van der Waals surface area contributed by atoms with Crippen LogP contribution in [0.2, 0.25) is 0 Å².